The average Bonchev–Trinajstić information content (AvgIpc) is 3.10. The Morgan fingerprint density at radius 3 is 2.17 bits per heavy atom. The maximum atomic E-state index is 12.6. The van der Waals surface area contributed by atoms with Crippen molar-refractivity contribution in [2.75, 3.05) is 0 Å². The van der Waals surface area contributed by atoms with E-state index in [2.05, 4.69) is 10.8 Å². The molecular weight excluding hydrogens is 250 g/mol. The zero-order chi connectivity index (χ0) is 13.4. The van der Waals surface area contributed by atoms with Gasteiger partial charge < -0.3 is 4.74 Å². The van der Waals surface area contributed by atoms with Gasteiger partial charge in [0, 0.05) is 0 Å². The van der Waals surface area contributed by atoms with Gasteiger partial charge in [-0.2, -0.15) is 22.8 Å². The summed E-state index contributed by atoms with van der Waals surface area (Å²) in [6.07, 6.45) is -6.95. The van der Waals surface area contributed by atoms with Crippen molar-refractivity contribution in [3.05, 3.63) is 29.8 Å². The minimum absolute atomic E-state index is 0.349. The zero-order valence-electron chi connectivity index (χ0n) is 9.17. The molecule has 96 valence electrons. The van der Waals surface area contributed by atoms with Gasteiger partial charge in [0.15, 0.2) is 0 Å². The highest BCUT2D eigenvalue weighted by Gasteiger charge is 2.46. The number of rotatable bonds is 4. The minimum Gasteiger partial charge on any atom is -0.428 e. The lowest BCUT2D eigenvalue weighted by Gasteiger charge is -2.17. The molecule has 1 aliphatic carbocycles. The average molecular weight is 259 g/mol. The van der Waals surface area contributed by atoms with Gasteiger partial charge in [-0.3, -0.25) is 0 Å². The maximum Gasteiger partial charge on any atom is 0.461 e. The van der Waals surface area contributed by atoms with Gasteiger partial charge in [0.2, 0.25) is 0 Å². The summed E-state index contributed by atoms with van der Waals surface area (Å²) >= 11 is 0. The Labute approximate surface area is 101 Å². The normalized spacial score (nSPS) is 17.3. The molecule has 0 unspecified atom stereocenters. The molecule has 0 radical (unpaired) electrons. The topological polar surface area (TPSA) is 33.0 Å². The van der Waals surface area contributed by atoms with Gasteiger partial charge in [-0.25, -0.2) is 0 Å². The predicted octanol–water partition coefficient (Wildman–Crippen LogP) is 3.48. The summed E-state index contributed by atoms with van der Waals surface area (Å²) < 4.78 is 53.0. The second-order valence-electron chi connectivity index (χ2n) is 4.18. The molecule has 18 heavy (non-hydrogen) atoms. The molecule has 0 heterocycles. The van der Waals surface area contributed by atoms with Crippen LogP contribution < -0.4 is 4.74 Å². The summed E-state index contributed by atoms with van der Waals surface area (Å²) in [7, 11) is 0. The molecule has 0 saturated heterocycles. The first-order chi connectivity index (χ1) is 8.39. The van der Waals surface area contributed by atoms with E-state index in [9.17, 15) is 17.6 Å². The molecule has 0 amide bonds. The molecule has 0 spiro atoms. The summed E-state index contributed by atoms with van der Waals surface area (Å²) in [5.41, 5.74) is 0.154. The van der Waals surface area contributed by atoms with Crippen LogP contribution in [-0.2, 0) is 5.41 Å². The number of nitrogens with zero attached hydrogens (tertiary/aromatic N) is 1. The van der Waals surface area contributed by atoms with Gasteiger partial charge in [0.25, 0.3) is 0 Å². The number of ether oxygens (including phenoxy) is 1. The fourth-order valence-corrected chi connectivity index (χ4v) is 1.63. The minimum atomic E-state index is -4.51. The number of benzene rings is 1. The highest BCUT2D eigenvalue weighted by molar-refractivity contribution is 5.41. The predicted molar refractivity (Wildman–Crippen MR) is 54.5 cm³/mol. The first-order valence-electron chi connectivity index (χ1n) is 5.26. The van der Waals surface area contributed by atoms with E-state index < -0.39 is 17.9 Å². The van der Waals surface area contributed by atoms with Crippen LogP contribution in [-0.4, -0.2) is 12.5 Å². The Kier molecular flexibility index (Phi) is 2.93. The van der Waals surface area contributed by atoms with Crippen LogP contribution in [0.5, 0.6) is 5.75 Å². The summed E-state index contributed by atoms with van der Waals surface area (Å²) in [5, 5.41) is 8.94. The number of nitriles is 1. The third-order valence-corrected chi connectivity index (χ3v) is 2.88. The quantitative estimate of drug-likeness (QED) is 0.775. The van der Waals surface area contributed by atoms with Crippen molar-refractivity contribution in [1.29, 1.82) is 5.26 Å². The van der Waals surface area contributed by atoms with Crippen molar-refractivity contribution in [2.24, 2.45) is 0 Å². The molecule has 2 rings (SSSR count). The van der Waals surface area contributed by atoms with Crippen molar-refractivity contribution < 1.29 is 22.3 Å². The maximum absolute atomic E-state index is 12.6. The largest absolute Gasteiger partial charge is 0.461 e. The summed E-state index contributed by atoms with van der Waals surface area (Å²) in [6.45, 7) is 0. The molecule has 1 aliphatic rings. The summed E-state index contributed by atoms with van der Waals surface area (Å²) in [5.74, 6) is -0.349. The van der Waals surface area contributed by atoms with Crippen LogP contribution in [0.2, 0.25) is 0 Å². The van der Waals surface area contributed by atoms with Gasteiger partial charge in [-0.05, 0) is 30.5 Å². The first-order valence-corrected chi connectivity index (χ1v) is 5.26. The van der Waals surface area contributed by atoms with Gasteiger partial charge in [0.1, 0.15) is 5.75 Å². The Bertz CT molecular complexity index is 474. The molecule has 0 aliphatic heterocycles. The van der Waals surface area contributed by atoms with E-state index in [1.807, 2.05) is 0 Å². The summed E-state index contributed by atoms with van der Waals surface area (Å²) in [6, 6.07) is 7.39. The molecule has 1 saturated carbocycles. The van der Waals surface area contributed by atoms with Crippen LogP contribution in [0.15, 0.2) is 24.3 Å². The van der Waals surface area contributed by atoms with Crippen LogP contribution in [0.1, 0.15) is 18.4 Å². The van der Waals surface area contributed by atoms with Crippen molar-refractivity contribution in [2.45, 2.75) is 30.8 Å². The van der Waals surface area contributed by atoms with E-state index in [4.69, 9.17) is 5.26 Å². The molecule has 0 N–H and O–H groups in total. The van der Waals surface area contributed by atoms with Gasteiger partial charge in [-0.15, -0.1) is 0 Å². The van der Waals surface area contributed by atoms with Crippen molar-refractivity contribution in [3.63, 3.8) is 0 Å². The van der Waals surface area contributed by atoms with Gasteiger partial charge in [0.05, 0.1) is 11.5 Å². The molecule has 6 heteroatoms. The van der Waals surface area contributed by atoms with E-state index in [1.165, 1.54) is 24.3 Å². The van der Waals surface area contributed by atoms with E-state index >= 15 is 0 Å². The van der Waals surface area contributed by atoms with Crippen molar-refractivity contribution >= 4 is 0 Å². The Balaban J connectivity index is 2.12. The third kappa shape index (κ3) is 2.26. The van der Waals surface area contributed by atoms with E-state index in [0.717, 1.165) is 12.8 Å². The molecule has 0 aromatic heterocycles. The monoisotopic (exact) mass is 259 g/mol. The Hall–Kier alpha value is -1.77. The van der Waals surface area contributed by atoms with E-state index in [0.29, 0.717) is 5.56 Å². The van der Waals surface area contributed by atoms with Crippen molar-refractivity contribution in [3.8, 4) is 11.8 Å². The van der Waals surface area contributed by atoms with Crippen LogP contribution in [0.4, 0.5) is 17.6 Å². The molecule has 1 aromatic carbocycles. The van der Waals surface area contributed by atoms with Crippen LogP contribution in [0.25, 0.3) is 0 Å². The molecule has 0 bridgehead atoms. The van der Waals surface area contributed by atoms with E-state index in [1.54, 1.807) is 0 Å². The number of alkyl halides is 4. The lowest BCUT2D eigenvalue weighted by Crippen LogP contribution is -2.33. The fraction of sp³-hybridized carbons (Fsp3) is 0.417. The molecule has 1 aromatic rings. The molecule has 1 fully saturated rings. The van der Waals surface area contributed by atoms with Crippen LogP contribution in [0, 0.1) is 11.3 Å². The highest BCUT2D eigenvalue weighted by Crippen LogP contribution is 2.47. The molecule has 0 atom stereocenters. The van der Waals surface area contributed by atoms with Crippen molar-refractivity contribution in [1.82, 2.24) is 0 Å². The molecular formula is C12H9F4NO. The first kappa shape index (κ1) is 12.7. The molecule has 2 nitrogen and oxygen atoms in total. The lowest BCUT2D eigenvalue weighted by molar-refractivity contribution is -0.253. The van der Waals surface area contributed by atoms with Gasteiger partial charge >= 0.3 is 12.5 Å². The standard InChI is InChI=1S/C12H9F4NO/c13-10(14)12(15,16)18-9-3-1-8(2-4-9)11(7-17)5-6-11/h1-4,10H,5-6H2. The highest BCUT2D eigenvalue weighted by atomic mass is 19.3. The second-order valence-corrected chi connectivity index (χ2v) is 4.18. The number of hydrogen-bond donors (Lipinski definition) is 0. The van der Waals surface area contributed by atoms with Crippen LogP contribution >= 0.6 is 0 Å². The third-order valence-electron chi connectivity index (χ3n) is 2.88. The Morgan fingerprint density at radius 2 is 1.78 bits per heavy atom. The number of halogens is 4. The lowest BCUT2D eigenvalue weighted by atomic mass is 9.98. The van der Waals surface area contributed by atoms with Gasteiger partial charge in [-0.1, -0.05) is 12.1 Å². The second kappa shape index (κ2) is 4.16. The van der Waals surface area contributed by atoms with E-state index in [-0.39, 0.29) is 5.75 Å². The zero-order valence-corrected chi connectivity index (χ0v) is 9.17. The Morgan fingerprint density at radius 1 is 1.22 bits per heavy atom. The number of hydrogen-bond acceptors (Lipinski definition) is 2. The fourth-order valence-electron chi connectivity index (χ4n) is 1.63. The SMILES string of the molecule is N#CC1(c2ccc(OC(F)(F)C(F)F)cc2)CC1. The smallest absolute Gasteiger partial charge is 0.428 e. The van der Waals surface area contributed by atoms with Crippen LogP contribution in [0.3, 0.4) is 0 Å². The summed E-state index contributed by atoms with van der Waals surface area (Å²) in [4.78, 5) is 0.